The molecule has 8 heteroatoms. The van der Waals surface area contributed by atoms with Crippen molar-refractivity contribution >= 4 is 26.8 Å². The van der Waals surface area contributed by atoms with Crippen molar-refractivity contribution in [1.82, 2.24) is 9.88 Å². The summed E-state index contributed by atoms with van der Waals surface area (Å²) in [5, 5.41) is 2.74. The van der Waals surface area contributed by atoms with Crippen LogP contribution in [0.4, 0.5) is 0 Å². The molecule has 0 radical (unpaired) electrons. The lowest BCUT2D eigenvalue weighted by atomic mass is 10.1. The van der Waals surface area contributed by atoms with Gasteiger partial charge in [0.15, 0.2) is 15.4 Å². The van der Waals surface area contributed by atoms with E-state index in [0.717, 1.165) is 0 Å². The number of carbonyl (C=O) groups is 1. The van der Waals surface area contributed by atoms with Crippen molar-refractivity contribution in [3.05, 3.63) is 34.8 Å². The van der Waals surface area contributed by atoms with Gasteiger partial charge in [-0.15, -0.1) is 0 Å². The van der Waals surface area contributed by atoms with Crippen molar-refractivity contribution in [2.45, 2.75) is 19.4 Å². The number of sulfone groups is 1. The molecule has 1 aliphatic rings. The minimum absolute atomic E-state index is 0.0126. The molecule has 124 valence electrons. The first-order chi connectivity index (χ1) is 10.9. The van der Waals surface area contributed by atoms with E-state index in [0.29, 0.717) is 24.1 Å². The number of amides is 1. The van der Waals surface area contributed by atoms with Crippen LogP contribution in [0.25, 0.3) is 11.1 Å². The summed E-state index contributed by atoms with van der Waals surface area (Å²) >= 11 is 0. The summed E-state index contributed by atoms with van der Waals surface area (Å²) in [6, 6.07) is 7.04. The maximum atomic E-state index is 11.9. The summed E-state index contributed by atoms with van der Waals surface area (Å²) in [6.07, 6.45) is 0.733. The number of nitrogens with zero attached hydrogens (tertiary/aromatic N) is 1. The van der Waals surface area contributed by atoms with Gasteiger partial charge in [0.05, 0.1) is 17.0 Å². The van der Waals surface area contributed by atoms with E-state index in [2.05, 4.69) is 5.32 Å². The Morgan fingerprint density at radius 1 is 1.35 bits per heavy atom. The molecule has 1 N–H and O–H groups in total. The highest BCUT2D eigenvalue weighted by Gasteiger charge is 2.27. The van der Waals surface area contributed by atoms with Crippen LogP contribution in [-0.2, 0) is 21.2 Å². The highest BCUT2D eigenvalue weighted by Crippen LogP contribution is 2.17. The third-order valence-corrected chi connectivity index (χ3v) is 5.89. The van der Waals surface area contributed by atoms with Crippen LogP contribution in [0.15, 0.2) is 33.5 Å². The number of fused-ring (bicyclic) bond motifs is 1. The molecule has 1 fully saturated rings. The number of hydrogen-bond acceptors (Lipinski definition) is 5. The predicted molar refractivity (Wildman–Crippen MR) is 84.9 cm³/mol. The summed E-state index contributed by atoms with van der Waals surface area (Å²) in [4.78, 5) is 23.7. The van der Waals surface area contributed by atoms with Crippen LogP contribution in [0, 0.1) is 5.92 Å². The van der Waals surface area contributed by atoms with Crippen LogP contribution in [0.2, 0.25) is 0 Å². The van der Waals surface area contributed by atoms with Crippen LogP contribution < -0.4 is 11.1 Å². The second-order valence-electron chi connectivity index (χ2n) is 5.81. The van der Waals surface area contributed by atoms with Crippen LogP contribution in [0.1, 0.15) is 12.8 Å². The standard InChI is InChI=1S/C15H18N2O5S/c18-14(16-9-11-6-8-23(20,21)10-11)5-7-17-12-3-1-2-4-13(12)22-15(17)19/h1-4,11H,5-10H2,(H,16,18)/t11-/m0/s1. The number of carbonyl (C=O) groups excluding carboxylic acids is 1. The third kappa shape index (κ3) is 3.64. The van der Waals surface area contributed by atoms with Gasteiger partial charge in [-0.3, -0.25) is 9.36 Å². The highest BCUT2D eigenvalue weighted by atomic mass is 32.2. The monoisotopic (exact) mass is 338 g/mol. The minimum atomic E-state index is -2.93. The van der Waals surface area contributed by atoms with Crippen LogP contribution in [0.3, 0.4) is 0 Å². The smallest absolute Gasteiger partial charge is 0.408 e. The Labute approximate surface area is 133 Å². The van der Waals surface area contributed by atoms with Gasteiger partial charge in [0, 0.05) is 19.5 Å². The van der Waals surface area contributed by atoms with Gasteiger partial charge in [0.2, 0.25) is 5.91 Å². The Balaban J connectivity index is 1.55. The van der Waals surface area contributed by atoms with Crippen molar-refractivity contribution < 1.29 is 17.6 Å². The molecule has 3 rings (SSSR count). The molecular weight excluding hydrogens is 320 g/mol. The van der Waals surface area contributed by atoms with E-state index in [1.54, 1.807) is 24.3 Å². The van der Waals surface area contributed by atoms with Crippen LogP contribution in [-0.4, -0.2) is 36.9 Å². The Kier molecular flexibility index (Phi) is 4.25. The number of aryl methyl sites for hydroxylation is 1. The Morgan fingerprint density at radius 2 is 2.13 bits per heavy atom. The van der Waals surface area contributed by atoms with Crippen molar-refractivity contribution in [2.24, 2.45) is 5.92 Å². The summed E-state index contributed by atoms with van der Waals surface area (Å²) in [5.41, 5.74) is 1.15. The number of nitrogens with one attached hydrogen (secondary N) is 1. The third-order valence-electron chi connectivity index (χ3n) is 4.05. The average molecular weight is 338 g/mol. The highest BCUT2D eigenvalue weighted by molar-refractivity contribution is 7.91. The lowest BCUT2D eigenvalue weighted by molar-refractivity contribution is -0.121. The van der Waals surface area contributed by atoms with Gasteiger partial charge in [-0.25, -0.2) is 13.2 Å². The molecule has 1 aromatic heterocycles. The summed E-state index contributed by atoms with van der Waals surface area (Å²) in [6.45, 7) is 0.587. The molecule has 1 aliphatic heterocycles. The average Bonchev–Trinajstić information content (AvgIpc) is 3.01. The second kappa shape index (κ2) is 6.19. The van der Waals surface area contributed by atoms with Gasteiger partial charge in [-0.1, -0.05) is 12.1 Å². The fourth-order valence-electron chi connectivity index (χ4n) is 2.82. The molecule has 1 atom stereocenters. The molecule has 0 saturated carbocycles. The largest absolute Gasteiger partial charge is 0.419 e. The van der Waals surface area contributed by atoms with Crippen LogP contribution in [0.5, 0.6) is 0 Å². The van der Waals surface area contributed by atoms with E-state index >= 15 is 0 Å². The quantitative estimate of drug-likeness (QED) is 0.858. The number of aromatic nitrogens is 1. The number of benzene rings is 1. The van der Waals surface area contributed by atoms with Crippen LogP contribution >= 0.6 is 0 Å². The lowest BCUT2D eigenvalue weighted by Gasteiger charge is -2.09. The molecule has 2 aromatic rings. The molecule has 1 aromatic carbocycles. The fourth-order valence-corrected chi connectivity index (χ4v) is 4.68. The second-order valence-corrected chi connectivity index (χ2v) is 8.04. The molecule has 0 aliphatic carbocycles. The lowest BCUT2D eigenvalue weighted by Crippen LogP contribution is -2.31. The van der Waals surface area contributed by atoms with E-state index in [9.17, 15) is 18.0 Å². The van der Waals surface area contributed by atoms with Gasteiger partial charge in [0.25, 0.3) is 0 Å². The van der Waals surface area contributed by atoms with E-state index in [4.69, 9.17) is 4.42 Å². The van der Waals surface area contributed by atoms with E-state index < -0.39 is 15.6 Å². The molecule has 0 unspecified atom stereocenters. The maximum Gasteiger partial charge on any atom is 0.419 e. The number of oxazole rings is 1. The van der Waals surface area contributed by atoms with E-state index in [1.165, 1.54) is 4.57 Å². The van der Waals surface area contributed by atoms with Crippen molar-refractivity contribution in [1.29, 1.82) is 0 Å². The number of rotatable bonds is 5. The zero-order valence-electron chi connectivity index (χ0n) is 12.5. The zero-order valence-corrected chi connectivity index (χ0v) is 13.3. The Hall–Kier alpha value is -2.09. The van der Waals surface area contributed by atoms with Crippen molar-refractivity contribution in [2.75, 3.05) is 18.1 Å². The van der Waals surface area contributed by atoms with Gasteiger partial charge in [0.1, 0.15) is 0 Å². The SMILES string of the molecule is O=C(CCn1c(=O)oc2ccccc21)NC[C@@H]1CCS(=O)(=O)C1. The summed E-state index contributed by atoms with van der Waals surface area (Å²) in [5.74, 6) is -0.364. The Morgan fingerprint density at radius 3 is 2.87 bits per heavy atom. The maximum absolute atomic E-state index is 11.9. The van der Waals surface area contributed by atoms with Crippen molar-refractivity contribution in [3.63, 3.8) is 0 Å². The Bertz CT molecular complexity index is 881. The minimum Gasteiger partial charge on any atom is -0.408 e. The fraction of sp³-hybridized carbons (Fsp3) is 0.467. The molecule has 0 spiro atoms. The molecule has 7 nitrogen and oxygen atoms in total. The first-order valence-corrected chi connectivity index (χ1v) is 9.32. The van der Waals surface area contributed by atoms with Gasteiger partial charge >= 0.3 is 5.76 Å². The van der Waals surface area contributed by atoms with Gasteiger partial charge in [-0.2, -0.15) is 0 Å². The molecule has 1 amide bonds. The predicted octanol–water partition coefficient (Wildman–Crippen LogP) is 0.536. The van der Waals surface area contributed by atoms with Gasteiger partial charge < -0.3 is 9.73 Å². The first-order valence-electron chi connectivity index (χ1n) is 7.50. The molecule has 2 heterocycles. The summed E-state index contributed by atoms with van der Waals surface area (Å²) in [7, 11) is -2.93. The van der Waals surface area contributed by atoms with Gasteiger partial charge in [-0.05, 0) is 24.5 Å². The van der Waals surface area contributed by atoms with E-state index in [-0.39, 0.29) is 36.3 Å². The number of para-hydroxylation sites is 2. The zero-order chi connectivity index (χ0) is 16.4. The summed E-state index contributed by atoms with van der Waals surface area (Å²) < 4.78 is 29.3. The molecule has 23 heavy (non-hydrogen) atoms. The van der Waals surface area contributed by atoms with Crippen molar-refractivity contribution in [3.8, 4) is 0 Å². The molecule has 0 bridgehead atoms. The number of hydrogen-bond donors (Lipinski definition) is 1. The van der Waals surface area contributed by atoms with E-state index in [1.807, 2.05) is 0 Å². The normalized spacial score (nSPS) is 19.9. The molecular formula is C15H18N2O5S. The molecule has 1 saturated heterocycles. The first kappa shape index (κ1) is 15.8. The topological polar surface area (TPSA) is 98.4 Å².